The summed E-state index contributed by atoms with van der Waals surface area (Å²) in [7, 11) is 1.98. The fourth-order valence-electron chi connectivity index (χ4n) is 4.86. The van der Waals surface area contributed by atoms with Gasteiger partial charge in [0, 0.05) is 31.7 Å². The molecule has 4 heterocycles. The average molecular weight is 522 g/mol. The van der Waals surface area contributed by atoms with E-state index in [1.165, 1.54) is 12.1 Å². The Morgan fingerprint density at radius 1 is 1.14 bits per heavy atom. The van der Waals surface area contributed by atoms with E-state index in [1.807, 2.05) is 14.0 Å². The lowest BCUT2D eigenvalue weighted by Crippen LogP contribution is -2.50. The molecule has 2 aliphatic rings. The lowest BCUT2D eigenvalue weighted by molar-refractivity contribution is -0.146. The van der Waals surface area contributed by atoms with Crippen LogP contribution >= 0.6 is 0 Å². The summed E-state index contributed by atoms with van der Waals surface area (Å²) in [6, 6.07) is 4.58. The number of rotatable bonds is 5. The molecular formula is C24H27F4N7O2. The molecule has 3 aromatic rings. The first-order valence-electron chi connectivity index (χ1n) is 12.1. The van der Waals surface area contributed by atoms with Crippen LogP contribution in [0.3, 0.4) is 0 Å². The standard InChI is InChI=1S/C24H27F4N7O2/c1-14-12-29-9-11-34(14)20-18-19(31-23(32-20)37-13-15-6-5-10-33(15)2)21(36)35(22(30-18)24(26,27)28)17-8-4-3-7-16(17)25/h3-4,7-8,14-15,29H,5-6,9-13H2,1-2H3/t14-,15-/m0/s1. The smallest absolute Gasteiger partial charge is 0.450 e. The molecule has 0 unspecified atom stereocenters. The van der Waals surface area contributed by atoms with E-state index in [0.29, 0.717) is 19.6 Å². The summed E-state index contributed by atoms with van der Waals surface area (Å²) in [5, 5.41) is 3.22. The third-order valence-electron chi connectivity index (χ3n) is 6.88. The molecule has 0 aliphatic carbocycles. The summed E-state index contributed by atoms with van der Waals surface area (Å²) in [6.07, 6.45) is -3.11. The molecular weight excluding hydrogens is 494 g/mol. The number of likely N-dealkylation sites (tertiary alicyclic amines) is 1. The Kier molecular flexibility index (Phi) is 6.75. The number of nitrogens with zero attached hydrogens (tertiary/aromatic N) is 6. The van der Waals surface area contributed by atoms with Gasteiger partial charge in [0.2, 0.25) is 5.82 Å². The highest BCUT2D eigenvalue weighted by atomic mass is 19.4. The van der Waals surface area contributed by atoms with Crippen LogP contribution in [0.1, 0.15) is 25.6 Å². The second kappa shape index (κ2) is 9.86. The Labute approximate surface area is 210 Å². The molecule has 0 bridgehead atoms. The Morgan fingerprint density at radius 3 is 2.59 bits per heavy atom. The summed E-state index contributed by atoms with van der Waals surface area (Å²) in [5.41, 5.74) is -2.40. The molecule has 2 atom stereocenters. The number of aromatic nitrogens is 4. The molecule has 0 amide bonds. The molecule has 9 nitrogen and oxygen atoms in total. The van der Waals surface area contributed by atoms with Crippen molar-refractivity contribution in [3.8, 4) is 11.7 Å². The van der Waals surface area contributed by atoms with Crippen LogP contribution in [0.2, 0.25) is 0 Å². The zero-order valence-electron chi connectivity index (χ0n) is 20.4. The molecule has 0 spiro atoms. The molecule has 198 valence electrons. The van der Waals surface area contributed by atoms with Gasteiger partial charge < -0.3 is 19.9 Å². The van der Waals surface area contributed by atoms with Crippen LogP contribution in [0.15, 0.2) is 29.1 Å². The van der Waals surface area contributed by atoms with E-state index in [4.69, 9.17) is 4.74 Å². The summed E-state index contributed by atoms with van der Waals surface area (Å²) in [5.74, 6) is -2.47. The fraction of sp³-hybridized carbons (Fsp3) is 0.500. The van der Waals surface area contributed by atoms with E-state index in [-0.39, 0.29) is 46.1 Å². The maximum atomic E-state index is 14.6. The predicted octanol–water partition coefficient (Wildman–Crippen LogP) is 2.60. The first-order chi connectivity index (χ1) is 17.6. The number of alkyl halides is 3. The van der Waals surface area contributed by atoms with Crippen molar-refractivity contribution >= 4 is 16.9 Å². The first kappa shape index (κ1) is 25.3. The number of likely N-dealkylation sites (N-methyl/N-ethyl adjacent to an activating group) is 1. The fourth-order valence-corrected chi connectivity index (χ4v) is 4.86. The van der Waals surface area contributed by atoms with Crippen LogP contribution in [0.5, 0.6) is 6.01 Å². The van der Waals surface area contributed by atoms with Crippen molar-refractivity contribution in [3.05, 3.63) is 46.3 Å². The zero-order valence-corrected chi connectivity index (χ0v) is 20.4. The first-order valence-corrected chi connectivity index (χ1v) is 12.1. The van der Waals surface area contributed by atoms with Crippen molar-refractivity contribution in [2.45, 2.75) is 38.0 Å². The molecule has 1 aromatic carbocycles. The molecule has 2 aliphatic heterocycles. The Balaban J connectivity index is 1.73. The summed E-state index contributed by atoms with van der Waals surface area (Å²) in [4.78, 5) is 30.0. The lowest BCUT2D eigenvalue weighted by atomic mass is 10.2. The van der Waals surface area contributed by atoms with Crippen LogP contribution in [-0.2, 0) is 6.18 Å². The average Bonchev–Trinajstić information content (AvgIpc) is 3.27. The summed E-state index contributed by atoms with van der Waals surface area (Å²) < 4.78 is 63.3. The minimum Gasteiger partial charge on any atom is -0.462 e. The van der Waals surface area contributed by atoms with Crippen molar-refractivity contribution in [1.29, 1.82) is 0 Å². The van der Waals surface area contributed by atoms with Crippen molar-refractivity contribution in [2.24, 2.45) is 0 Å². The van der Waals surface area contributed by atoms with Gasteiger partial charge in [0.05, 0.1) is 5.69 Å². The van der Waals surface area contributed by atoms with E-state index in [1.54, 1.807) is 4.90 Å². The van der Waals surface area contributed by atoms with Crippen molar-refractivity contribution in [2.75, 3.05) is 44.7 Å². The third-order valence-corrected chi connectivity index (χ3v) is 6.88. The molecule has 0 radical (unpaired) electrons. The number of fused-ring (bicyclic) bond motifs is 1. The quantitative estimate of drug-likeness (QED) is 0.513. The molecule has 0 saturated carbocycles. The maximum absolute atomic E-state index is 14.6. The van der Waals surface area contributed by atoms with E-state index in [0.717, 1.165) is 31.5 Å². The summed E-state index contributed by atoms with van der Waals surface area (Å²) in [6.45, 7) is 4.63. The Hall–Kier alpha value is -3.32. The van der Waals surface area contributed by atoms with Gasteiger partial charge in [-0.3, -0.25) is 9.36 Å². The van der Waals surface area contributed by atoms with Gasteiger partial charge in [-0.15, -0.1) is 0 Å². The zero-order chi connectivity index (χ0) is 26.3. The van der Waals surface area contributed by atoms with E-state index < -0.39 is 29.1 Å². The number of piperazine rings is 1. The van der Waals surface area contributed by atoms with E-state index >= 15 is 0 Å². The largest absolute Gasteiger partial charge is 0.462 e. The Bertz CT molecular complexity index is 1360. The highest BCUT2D eigenvalue weighted by molar-refractivity contribution is 5.86. The van der Waals surface area contributed by atoms with Crippen molar-refractivity contribution in [1.82, 2.24) is 29.7 Å². The van der Waals surface area contributed by atoms with Crippen molar-refractivity contribution in [3.63, 3.8) is 0 Å². The van der Waals surface area contributed by atoms with Crippen LogP contribution < -0.4 is 20.5 Å². The number of para-hydroxylation sites is 1. The highest BCUT2D eigenvalue weighted by Crippen LogP contribution is 2.33. The normalized spacial score (nSPS) is 21.1. The van der Waals surface area contributed by atoms with E-state index in [9.17, 15) is 22.4 Å². The van der Waals surface area contributed by atoms with Gasteiger partial charge in [0.1, 0.15) is 17.9 Å². The number of benzene rings is 1. The van der Waals surface area contributed by atoms with Crippen LogP contribution in [0.25, 0.3) is 16.7 Å². The number of ether oxygens (including phenoxy) is 1. The molecule has 2 fully saturated rings. The molecule has 1 N–H and O–H groups in total. The van der Waals surface area contributed by atoms with Gasteiger partial charge in [-0.05, 0) is 45.5 Å². The lowest BCUT2D eigenvalue weighted by Gasteiger charge is -2.35. The molecule has 37 heavy (non-hydrogen) atoms. The van der Waals surface area contributed by atoms with Gasteiger partial charge in [-0.1, -0.05) is 12.1 Å². The number of halogens is 4. The Morgan fingerprint density at radius 2 is 1.92 bits per heavy atom. The van der Waals surface area contributed by atoms with Gasteiger partial charge in [-0.2, -0.15) is 23.1 Å². The second-order valence-electron chi connectivity index (χ2n) is 9.39. The second-order valence-corrected chi connectivity index (χ2v) is 9.39. The van der Waals surface area contributed by atoms with E-state index in [2.05, 4.69) is 25.2 Å². The minimum absolute atomic E-state index is 0.0806. The topological polar surface area (TPSA) is 88.4 Å². The molecule has 2 saturated heterocycles. The number of hydrogen-bond donors (Lipinski definition) is 1. The number of nitrogens with one attached hydrogen (secondary N) is 1. The summed E-state index contributed by atoms with van der Waals surface area (Å²) >= 11 is 0. The molecule has 2 aromatic heterocycles. The molecule has 13 heteroatoms. The monoisotopic (exact) mass is 521 g/mol. The van der Waals surface area contributed by atoms with Gasteiger partial charge in [-0.25, -0.2) is 9.37 Å². The number of anilines is 1. The SMILES string of the molecule is C[C@H]1CNCCN1c1nc(OC[C@@H]2CCCN2C)nc2c(=O)n(-c3ccccc3F)c(C(F)(F)F)nc12. The number of hydrogen-bond acceptors (Lipinski definition) is 8. The predicted molar refractivity (Wildman–Crippen MR) is 129 cm³/mol. The minimum atomic E-state index is -5.05. The highest BCUT2D eigenvalue weighted by Gasteiger charge is 2.40. The van der Waals surface area contributed by atoms with Gasteiger partial charge >= 0.3 is 12.2 Å². The third kappa shape index (κ3) is 4.85. The van der Waals surface area contributed by atoms with Crippen LogP contribution in [0, 0.1) is 5.82 Å². The van der Waals surface area contributed by atoms with Gasteiger partial charge in [0.25, 0.3) is 5.56 Å². The van der Waals surface area contributed by atoms with Crippen LogP contribution in [0.4, 0.5) is 23.4 Å². The van der Waals surface area contributed by atoms with Crippen molar-refractivity contribution < 1.29 is 22.3 Å². The maximum Gasteiger partial charge on any atom is 0.450 e. The van der Waals surface area contributed by atoms with Crippen LogP contribution in [-0.4, -0.2) is 76.3 Å². The van der Waals surface area contributed by atoms with Gasteiger partial charge in [0.15, 0.2) is 11.3 Å². The molecule has 5 rings (SSSR count).